The largest absolute Gasteiger partial charge is 0.355 e. The summed E-state index contributed by atoms with van der Waals surface area (Å²) in [7, 11) is 0. The Morgan fingerprint density at radius 1 is 1.32 bits per heavy atom. The number of carbonyl (C=O) groups is 1. The second kappa shape index (κ2) is 9.56. The van der Waals surface area contributed by atoms with E-state index in [1.807, 2.05) is 30.6 Å². The molecule has 1 aliphatic rings. The lowest BCUT2D eigenvalue weighted by Crippen LogP contribution is -2.44. The fourth-order valence-corrected chi connectivity index (χ4v) is 3.23. The molecule has 1 aliphatic heterocycles. The Kier molecular flexibility index (Phi) is 7.43. The van der Waals surface area contributed by atoms with Crippen molar-refractivity contribution in [2.75, 3.05) is 26.2 Å². The zero-order chi connectivity index (χ0) is 16.8. The van der Waals surface area contributed by atoms with Gasteiger partial charge in [0.05, 0.1) is 12.5 Å². The molecule has 25 heavy (non-hydrogen) atoms. The van der Waals surface area contributed by atoms with E-state index in [4.69, 9.17) is 5.73 Å². The van der Waals surface area contributed by atoms with Crippen LogP contribution >= 0.6 is 12.4 Å². The Morgan fingerprint density at radius 2 is 2.12 bits per heavy atom. The average molecular weight is 364 g/mol. The van der Waals surface area contributed by atoms with E-state index in [2.05, 4.69) is 31.9 Å². The average Bonchev–Trinajstić information content (AvgIpc) is 3.08. The molecule has 0 saturated carbocycles. The van der Waals surface area contributed by atoms with E-state index in [-0.39, 0.29) is 24.2 Å². The highest BCUT2D eigenvalue weighted by Crippen LogP contribution is 2.19. The topological polar surface area (TPSA) is 76.2 Å². The number of likely N-dealkylation sites (tertiary alicyclic amines) is 1. The van der Waals surface area contributed by atoms with Crippen molar-refractivity contribution in [2.24, 2.45) is 11.7 Å². The molecule has 1 saturated heterocycles. The van der Waals surface area contributed by atoms with Crippen molar-refractivity contribution in [3.63, 3.8) is 0 Å². The van der Waals surface area contributed by atoms with Crippen LogP contribution in [0.5, 0.6) is 0 Å². The van der Waals surface area contributed by atoms with E-state index >= 15 is 0 Å². The van der Waals surface area contributed by atoms with Crippen molar-refractivity contribution >= 4 is 18.3 Å². The highest BCUT2D eigenvalue weighted by atomic mass is 35.5. The van der Waals surface area contributed by atoms with Gasteiger partial charge < -0.3 is 15.6 Å². The van der Waals surface area contributed by atoms with Crippen LogP contribution in [0.4, 0.5) is 0 Å². The molecule has 1 aromatic heterocycles. The van der Waals surface area contributed by atoms with E-state index in [0.29, 0.717) is 13.1 Å². The number of carbonyl (C=O) groups excluding carboxylic acids is 1. The Labute approximate surface area is 154 Å². The first-order valence-corrected chi connectivity index (χ1v) is 8.55. The molecule has 3 N–H and O–H groups in total. The number of nitrogens with zero attached hydrogens (tertiary/aromatic N) is 3. The van der Waals surface area contributed by atoms with E-state index in [1.54, 1.807) is 0 Å². The fourth-order valence-electron chi connectivity index (χ4n) is 3.23. The summed E-state index contributed by atoms with van der Waals surface area (Å²) in [5.74, 6) is 1.17. The van der Waals surface area contributed by atoms with Crippen molar-refractivity contribution in [1.29, 1.82) is 0 Å². The Bertz CT molecular complexity index is 660. The lowest BCUT2D eigenvalue weighted by atomic mass is 9.97. The summed E-state index contributed by atoms with van der Waals surface area (Å²) in [6, 6.07) is 10.2. The molecule has 1 unspecified atom stereocenters. The number of halogens is 1. The number of imidazole rings is 1. The van der Waals surface area contributed by atoms with Gasteiger partial charge in [-0.15, -0.1) is 12.4 Å². The van der Waals surface area contributed by atoms with Gasteiger partial charge in [-0.25, -0.2) is 4.98 Å². The quantitative estimate of drug-likeness (QED) is 0.817. The first kappa shape index (κ1) is 19.4. The standard InChI is InChI=1S/C18H25N5O.ClH/c19-8-9-21-18(24)15-5-4-11-22(13-15)14-17-20-10-12-23(17)16-6-2-1-3-7-16;/h1-3,6-7,10,12,15H,4-5,8-9,11,13-14,19H2,(H,21,24);1H. The molecule has 136 valence electrons. The summed E-state index contributed by atoms with van der Waals surface area (Å²) in [5, 5.41) is 2.91. The molecule has 2 heterocycles. The van der Waals surface area contributed by atoms with Crippen LogP contribution in [0, 0.1) is 5.92 Å². The van der Waals surface area contributed by atoms with Crippen LogP contribution in [0.2, 0.25) is 0 Å². The molecule has 1 atom stereocenters. The third-order valence-corrected chi connectivity index (χ3v) is 4.44. The number of nitrogens with one attached hydrogen (secondary N) is 1. The lowest BCUT2D eigenvalue weighted by Gasteiger charge is -2.31. The number of rotatable bonds is 6. The van der Waals surface area contributed by atoms with Crippen LogP contribution in [-0.4, -0.2) is 46.5 Å². The monoisotopic (exact) mass is 363 g/mol. The van der Waals surface area contributed by atoms with Crippen molar-refractivity contribution in [2.45, 2.75) is 19.4 Å². The van der Waals surface area contributed by atoms with Crippen LogP contribution in [0.15, 0.2) is 42.7 Å². The number of aromatic nitrogens is 2. The number of nitrogens with two attached hydrogens (primary N) is 1. The highest BCUT2D eigenvalue weighted by molar-refractivity contribution is 5.85. The minimum Gasteiger partial charge on any atom is -0.355 e. The molecule has 1 amide bonds. The van der Waals surface area contributed by atoms with Crippen LogP contribution in [0.1, 0.15) is 18.7 Å². The van der Waals surface area contributed by atoms with Crippen molar-refractivity contribution < 1.29 is 4.79 Å². The summed E-state index contributed by atoms with van der Waals surface area (Å²) >= 11 is 0. The van der Waals surface area contributed by atoms with E-state index in [1.165, 1.54) is 0 Å². The maximum absolute atomic E-state index is 12.2. The maximum Gasteiger partial charge on any atom is 0.224 e. The molecular weight excluding hydrogens is 338 g/mol. The molecule has 1 aromatic carbocycles. The summed E-state index contributed by atoms with van der Waals surface area (Å²) in [6.07, 6.45) is 5.80. The van der Waals surface area contributed by atoms with E-state index < -0.39 is 0 Å². The Hall–Kier alpha value is -1.89. The van der Waals surface area contributed by atoms with E-state index in [0.717, 1.165) is 44.0 Å². The summed E-state index contributed by atoms with van der Waals surface area (Å²) < 4.78 is 2.11. The predicted molar refractivity (Wildman–Crippen MR) is 101 cm³/mol. The van der Waals surface area contributed by atoms with Gasteiger partial charge in [0.25, 0.3) is 0 Å². The summed E-state index contributed by atoms with van der Waals surface area (Å²) in [5.41, 5.74) is 6.57. The second-order valence-electron chi connectivity index (χ2n) is 6.20. The third kappa shape index (κ3) is 5.04. The predicted octanol–water partition coefficient (Wildman–Crippen LogP) is 1.58. The molecule has 0 radical (unpaired) electrons. The first-order chi connectivity index (χ1) is 11.8. The minimum absolute atomic E-state index is 0. The van der Waals surface area contributed by atoms with Gasteiger partial charge in [0.1, 0.15) is 5.82 Å². The molecular formula is C18H26ClN5O. The van der Waals surface area contributed by atoms with Crippen molar-refractivity contribution in [1.82, 2.24) is 19.8 Å². The zero-order valence-electron chi connectivity index (χ0n) is 14.3. The zero-order valence-corrected chi connectivity index (χ0v) is 15.1. The highest BCUT2D eigenvalue weighted by Gasteiger charge is 2.26. The molecule has 6 nitrogen and oxygen atoms in total. The first-order valence-electron chi connectivity index (χ1n) is 8.55. The lowest BCUT2D eigenvalue weighted by molar-refractivity contribution is -0.126. The van der Waals surface area contributed by atoms with Crippen LogP contribution in [-0.2, 0) is 11.3 Å². The van der Waals surface area contributed by atoms with Crippen molar-refractivity contribution in [3.8, 4) is 5.69 Å². The van der Waals surface area contributed by atoms with Crippen molar-refractivity contribution in [3.05, 3.63) is 48.5 Å². The fraction of sp³-hybridized carbons (Fsp3) is 0.444. The number of hydrogen-bond donors (Lipinski definition) is 2. The molecule has 2 aromatic rings. The van der Waals surface area contributed by atoms with Crippen LogP contribution < -0.4 is 11.1 Å². The maximum atomic E-state index is 12.2. The van der Waals surface area contributed by atoms with Gasteiger partial charge in [0.2, 0.25) is 5.91 Å². The molecule has 0 bridgehead atoms. The van der Waals surface area contributed by atoms with Gasteiger partial charge in [0, 0.05) is 37.7 Å². The van der Waals surface area contributed by atoms with Gasteiger partial charge in [-0.1, -0.05) is 18.2 Å². The molecule has 3 rings (SSSR count). The SMILES string of the molecule is Cl.NCCNC(=O)C1CCCN(Cc2nccn2-c2ccccc2)C1. The van der Waals surface area contributed by atoms with Gasteiger partial charge in [0.15, 0.2) is 0 Å². The molecule has 1 fully saturated rings. The number of benzene rings is 1. The summed E-state index contributed by atoms with van der Waals surface area (Å²) in [6.45, 7) is 3.56. The van der Waals surface area contributed by atoms with Gasteiger partial charge in [-0.3, -0.25) is 9.69 Å². The van der Waals surface area contributed by atoms with Crippen LogP contribution in [0.25, 0.3) is 5.69 Å². The molecule has 0 aliphatic carbocycles. The normalized spacial score (nSPS) is 17.7. The van der Waals surface area contributed by atoms with Crippen LogP contribution in [0.3, 0.4) is 0 Å². The molecule has 0 spiro atoms. The third-order valence-electron chi connectivity index (χ3n) is 4.44. The molecule has 7 heteroatoms. The Balaban J connectivity index is 0.00000225. The smallest absolute Gasteiger partial charge is 0.224 e. The second-order valence-corrected chi connectivity index (χ2v) is 6.20. The summed E-state index contributed by atoms with van der Waals surface area (Å²) in [4.78, 5) is 19.0. The van der Waals surface area contributed by atoms with E-state index in [9.17, 15) is 4.79 Å². The number of amides is 1. The number of para-hydroxylation sites is 1. The number of hydrogen-bond acceptors (Lipinski definition) is 4. The Morgan fingerprint density at radius 3 is 2.88 bits per heavy atom. The van der Waals surface area contributed by atoms with Gasteiger partial charge in [-0.2, -0.15) is 0 Å². The van der Waals surface area contributed by atoms with Gasteiger partial charge in [-0.05, 0) is 31.5 Å². The minimum atomic E-state index is 0. The number of piperidine rings is 1. The van der Waals surface area contributed by atoms with Gasteiger partial charge >= 0.3 is 0 Å².